The highest BCUT2D eigenvalue weighted by atomic mass is 14.9. The third-order valence-electron chi connectivity index (χ3n) is 3.23. The van der Waals surface area contributed by atoms with Crippen LogP contribution in [0.3, 0.4) is 0 Å². The van der Waals surface area contributed by atoms with Crippen molar-refractivity contribution in [3.63, 3.8) is 0 Å². The molecule has 0 saturated heterocycles. The molecule has 0 unspecified atom stereocenters. The van der Waals surface area contributed by atoms with Crippen molar-refractivity contribution in [1.29, 1.82) is 0 Å². The molecule has 1 aromatic heterocycles. The standard InChI is InChI=1S/C16H20N2/c1-12-7-8-15(13(2)10-12)11-18-14(3)16-6-4-5-9-17-16/h4-10,14,18H,11H2,1-3H3/t14-/m1/s1. The van der Waals surface area contributed by atoms with Gasteiger partial charge in [-0.25, -0.2) is 0 Å². The highest BCUT2D eigenvalue weighted by molar-refractivity contribution is 5.30. The van der Waals surface area contributed by atoms with Crippen LogP contribution in [-0.2, 0) is 6.54 Å². The molecule has 18 heavy (non-hydrogen) atoms. The molecule has 0 spiro atoms. The maximum Gasteiger partial charge on any atom is 0.0570 e. The molecule has 0 amide bonds. The lowest BCUT2D eigenvalue weighted by Gasteiger charge is -2.14. The number of aryl methyl sites for hydroxylation is 2. The lowest BCUT2D eigenvalue weighted by atomic mass is 10.1. The second kappa shape index (κ2) is 5.78. The average Bonchev–Trinajstić information content (AvgIpc) is 2.38. The molecule has 2 nitrogen and oxygen atoms in total. The molecule has 0 bridgehead atoms. The van der Waals surface area contributed by atoms with Gasteiger partial charge in [-0.1, -0.05) is 29.8 Å². The zero-order valence-electron chi connectivity index (χ0n) is 11.3. The minimum atomic E-state index is 0.270. The van der Waals surface area contributed by atoms with Crippen molar-refractivity contribution in [1.82, 2.24) is 10.3 Å². The zero-order chi connectivity index (χ0) is 13.0. The first-order chi connectivity index (χ1) is 8.66. The molecule has 0 radical (unpaired) electrons. The Balaban J connectivity index is 1.99. The average molecular weight is 240 g/mol. The van der Waals surface area contributed by atoms with Crippen LogP contribution in [0.15, 0.2) is 42.6 Å². The Kier molecular flexibility index (Phi) is 4.11. The molecule has 1 heterocycles. The van der Waals surface area contributed by atoms with E-state index in [-0.39, 0.29) is 6.04 Å². The predicted octanol–water partition coefficient (Wildman–Crippen LogP) is 3.55. The molecule has 1 atom stereocenters. The van der Waals surface area contributed by atoms with Gasteiger partial charge < -0.3 is 5.32 Å². The van der Waals surface area contributed by atoms with E-state index in [1.54, 1.807) is 0 Å². The fraction of sp³-hybridized carbons (Fsp3) is 0.312. The van der Waals surface area contributed by atoms with Gasteiger partial charge in [-0.3, -0.25) is 4.98 Å². The topological polar surface area (TPSA) is 24.9 Å². The maximum absolute atomic E-state index is 4.36. The molecule has 2 aromatic rings. The summed E-state index contributed by atoms with van der Waals surface area (Å²) in [5.41, 5.74) is 5.09. The number of rotatable bonds is 4. The van der Waals surface area contributed by atoms with E-state index in [4.69, 9.17) is 0 Å². The van der Waals surface area contributed by atoms with Crippen molar-refractivity contribution < 1.29 is 0 Å². The Hall–Kier alpha value is -1.67. The van der Waals surface area contributed by atoms with Gasteiger partial charge in [0.05, 0.1) is 5.69 Å². The van der Waals surface area contributed by atoms with E-state index in [9.17, 15) is 0 Å². The van der Waals surface area contributed by atoms with Crippen molar-refractivity contribution in [2.75, 3.05) is 0 Å². The van der Waals surface area contributed by atoms with Crippen molar-refractivity contribution in [3.8, 4) is 0 Å². The Morgan fingerprint density at radius 3 is 2.67 bits per heavy atom. The molecule has 0 fully saturated rings. The molecule has 0 aliphatic rings. The number of nitrogens with one attached hydrogen (secondary N) is 1. The lowest BCUT2D eigenvalue weighted by molar-refractivity contribution is 0.560. The van der Waals surface area contributed by atoms with Crippen molar-refractivity contribution in [2.45, 2.75) is 33.4 Å². The highest BCUT2D eigenvalue weighted by Crippen LogP contribution is 2.13. The molecule has 0 saturated carbocycles. The fourth-order valence-electron chi connectivity index (χ4n) is 2.04. The quantitative estimate of drug-likeness (QED) is 0.884. The van der Waals surface area contributed by atoms with Crippen molar-refractivity contribution in [3.05, 3.63) is 65.0 Å². The van der Waals surface area contributed by atoms with E-state index < -0.39 is 0 Å². The van der Waals surface area contributed by atoms with Gasteiger partial charge in [0.2, 0.25) is 0 Å². The summed E-state index contributed by atoms with van der Waals surface area (Å²) in [5.74, 6) is 0. The van der Waals surface area contributed by atoms with Crippen LogP contribution in [0.2, 0.25) is 0 Å². The molecule has 94 valence electrons. The Morgan fingerprint density at radius 2 is 2.00 bits per heavy atom. The smallest absolute Gasteiger partial charge is 0.0570 e. The summed E-state index contributed by atoms with van der Waals surface area (Å²) in [4.78, 5) is 4.36. The minimum absolute atomic E-state index is 0.270. The van der Waals surface area contributed by atoms with E-state index in [0.717, 1.165) is 12.2 Å². The minimum Gasteiger partial charge on any atom is -0.305 e. The van der Waals surface area contributed by atoms with Gasteiger partial charge >= 0.3 is 0 Å². The van der Waals surface area contributed by atoms with E-state index in [1.807, 2.05) is 18.3 Å². The van der Waals surface area contributed by atoms with Crippen LogP contribution in [-0.4, -0.2) is 4.98 Å². The summed E-state index contributed by atoms with van der Waals surface area (Å²) in [6, 6.07) is 12.9. The van der Waals surface area contributed by atoms with Gasteiger partial charge in [0.1, 0.15) is 0 Å². The number of benzene rings is 1. The molecule has 2 rings (SSSR count). The summed E-state index contributed by atoms with van der Waals surface area (Å²) in [6.07, 6.45) is 1.84. The monoisotopic (exact) mass is 240 g/mol. The normalized spacial score (nSPS) is 12.4. The number of hydrogen-bond acceptors (Lipinski definition) is 2. The maximum atomic E-state index is 4.36. The van der Waals surface area contributed by atoms with Crippen LogP contribution in [0.25, 0.3) is 0 Å². The van der Waals surface area contributed by atoms with Crippen molar-refractivity contribution >= 4 is 0 Å². The molecule has 0 aliphatic heterocycles. The molecular formula is C16H20N2. The van der Waals surface area contributed by atoms with Crippen LogP contribution in [0.4, 0.5) is 0 Å². The summed E-state index contributed by atoms with van der Waals surface area (Å²) in [5, 5.41) is 3.51. The zero-order valence-corrected chi connectivity index (χ0v) is 11.3. The van der Waals surface area contributed by atoms with Crippen LogP contribution in [0, 0.1) is 13.8 Å². The van der Waals surface area contributed by atoms with Gasteiger partial charge in [-0.2, -0.15) is 0 Å². The Morgan fingerprint density at radius 1 is 1.17 bits per heavy atom. The van der Waals surface area contributed by atoms with Crippen molar-refractivity contribution in [2.24, 2.45) is 0 Å². The summed E-state index contributed by atoms with van der Waals surface area (Å²) < 4.78 is 0. The lowest BCUT2D eigenvalue weighted by Crippen LogP contribution is -2.19. The summed E-state index contributed by atoms with van der Waals surface area (Å²) in [6.45, 7) is 7.31. The first-order valence-corrected chi connectivity index (χ1v) is 6.37. The van der Waals surface area contributed by atoms with E-state index >= 15 is 0 Å². The molecule has 0 aliphatic carbocycles. The molecule has 2 heteroatoms. The molecular weight excluding hydrogens is 220 g/mol. The van der Waals surface area contributed by atoms with Gasteiger partial charge in [0.25, 0.3) is 0 Å². The SMILES string of the molecule is Cc1ccc(CN[C@H](C)c2ccccn2)c(C)c1. The highest BCUT2D eigenvalue weighted by Gasteiger charge is 2.06. The largest absolute Gasteiger partial charge is 0.305 e. The first-order valence-electron chi connectivity index (χ1n) is 6.37. The third-order valence-corrected chi connectivity index (χ3v) is 3.23. The summed E-state index contributed by atoms with van der Waals surface area (Å²) >= 11 is 0. The molecule has 1 N–H and O–H groups in total. The van der Waals surface area contributed by atoms with E-state index in [1.165, 1.54) is 16.7 Å². The number of nitrogens with zero attached hydrogens (tertiary/aromatic N) is 1. The fourth-order valence-corrected chi connectivity index (χ4v) is 2.04. The van der Waals surface area contributed by atoms with Crippen LogP contribution >= 0.6 is 0 Å². The van der Waals surface area contributed by atoms with Gasteiger partial charge in [-0.05, 0) is 44.0 Å². The van der Waals surface area contributed by atoms with Crippen LogP contribution in [0.5, 0.6) is 0 Å². The number of aromatic nitrogens is 1. The van der Waals surface area contributed by atoms with Gasteiger partial charge in [0.15, 0.2) is 0 Å². The van der Waals surface area contributed by atoms with Gasteiger partial charge in [0, 0.05) is 18.8 Å². The Labute approximate surface area is 109 Å². The first kappa shape index (κ1) is 12.8. The van der Waals surface area contributed by atoms with Gasteiger partial charge in [-0.15, -0.1) is 0 Å². The summed E-state index contributed by atoms with van der Waals surface area (Å²) in [7, 11) is 0. The number of hydrogen-bond donors (Lipinski definition) is 1. The second-order valence-corrected chi connectivity index (χ2v) is 4.79. The van der Waals surface area contributed by atoms with E-state index in [2.05, 4.69) is 55.3 Å². The number of pyridine rings is 1. The Bertz CT molecular complexity index is 506. The van der Waals surface area contributed by atoms with E-state index in [0.29, 0.717) is 0 Å². The second-order valence-electron chi connectivity index (χ2n) is 4.79. The predicted molar refractivity (Wildman–Crippen MR) is 75.4 cm³/mol. The third kappa shape index (κ3) is 3.17. The van der Waals surface area contributed by atoms with Crippen LogP contribution in [0.1, 0.15) is 35.3 Å². The molecule has 1 aromatic carbocycles. The van der Waals surface area contributed by atoms with Crippen LogP contribution < -0.4 is 5.32 Å².